The Kier molecular flexibility index (Phi) is 7.25. The van der Waals surface area contributed by atoms with Crippen LogP contribution in [0.15, 0.2) is 18.3 Å². The Bertz CT molecular complexity index is 765. The van der Waals surface area contributed by atoms with Crippen molar-refractivity contribution in [1.82, 2.24) is 14.0 Å². The molecule has 8 nitrogen and oxygen atoms in total. The predicted octanol–water partition coefficient (Wildman–Crippen LogP) is 1.68. The number of ether oxygens (including phenoxy) is 1. The maximum Gasteiger partial charge on any atom is 0.310 e. The van der Waals surface area contributed by atoms with Crippen LogP contribution in [0.3, 0.4) is 0 Å². The first-order chi connectivity index (χ1) is 13.5. The summed E-state index contributed by atoms with van der Waals surface area (Å²) in [6, 6.07) is 3.78. The van der Waals surface area contributed by atoms with Crippen LogP contribution in [0.5, 0.6) is 0 Å². The van der Waals surface area contributed by atoms with E-state index in [2.05, 4.69) is 14.6 Å². The lowest BCUT2D eigenvalue weighted by Crippen LogP contribution is -2.47. The van der Waals surface area contributed by atoms with Gasteiger partial charge in [-0.1, -0.05) is 0 Å². The molecule has 0 saturated carbocycles. The van der Waals surface area contributed by atoms with E-state index in [9.17, 15) is 13.2 Å². The van der Waals surface area contributed by atoms with Gasteiger partial charge in [0.05, 0.1) is 12.5 Å². The van der Waals surface area contributed by atoms with Crippen LogP contribution in [0.25, 0.3) is 0 Å². The topological polar surface area (TPSA) is 91.8 Å². The van der Waals surface area contributed by atoms with Crippen LogP contribution >= 0.6 is 0 Å². The smallest absolute Gasteiger partial charge is 0.310 e. The molecule has 2 fully saturated rings. The van der Waals surface area contributed by atoms with Crippen LogP contribution in [-0.2, 0) is 26.3 Å². The van der Waals surface area contributed by atoms with Crippen LogP contribution in [0.2, 0.25) is 0 Å². The lowest BCUT2D eigenvalue weighted by atomic mass is 10.0. The minimum absolute atomic E-state index is 0.170. The molecule has 1 aromatic rings. The molecular weight excluding hydrogens is 380 g/mol. The van der Waals surface area contributed by atoms with Crippen LogP contribution in [-0.4, -0.2) is 56.5 Å². The number of nitrogens with one attached hydrogen (secondary N) is 1. The van der Waals surface area contributed by atoms with Gasteiger partial charge in [0.1, 0.15) is 5.82 Å². The van der Waals surface area contributed by atoms with E-state index in [1.54, 1.807) is 13.1 Å². The number of carbonyl (C=O) groups is 1. The van der Waals surface area contributed by atoms with Crippen molar-refractivity contribution < 1.29 is 17.9 Å². The van der Waals surface area contributed by atoms with Crippen molar-refractivity contribution in [2.45, 2.75) is 45.6 Å². The van der Waals surface area contributed by atoms with Gasteiger partial charge in [-0.3, -0.25) is 4.79 Å². The van der Waals surface area contributed by atoms with Crippen LogP contribution in [0.4, 0.5) is 5.82 Å². The quantitative estimate of drug-likeness (QED) is 0.688. The highest BCUT2D eigenvalue weighted by atomic mass is 32.2. The van der Waals surface area contributed by atoms with Crippen LogP contribution in [0, 0.1) is 5.92 Å². The second-order valence-corrected chi connectivity index (χ2v) is 9.10. The molecule has 0 amide bonds. The Morgan fingerprint density at radius 3 is 2.79 bits per heavy atom. The number of piperidine rings is 2. The lowest BCUT2D eigenvalue weighted by Gasteiger charge is -2.30. The number of rotatable bonds is 7. The molecule has 2 saturated heterocycles. The van der Waals surface area contributed by atoms with Gasteiger partial charge in [-0.05, 0) is 56.7 Å². The fourth-order valence-electron chi connectivity index (χ4n) is 3.75. The number of carbonyl (C=O) groups excluding carboxylic acids is 1. The van der Waals surface area contributed by atoms with E-state index >= 15 is 0 Å². The predicted molar refractivity (Wildman–Crippen MR) is 107 cm³/mol. The van der Waals surface area contributed by atoms with Crippen molar-refractivity contribution in [2.24, 2.45) is 5.92 Å². The summed E-state index contributed by atoms with van der Waals surface area (Å²) >= 11 is 0. The van der Waals surface area contributed by atoms with Gasteiger partial charge in [0, 0.05) is 38.9 Å². The van der Waals surface area contributed by atoms with E-state index in [1.807, 2.05) is 12.1 Å². The minimum atomic E-state index is -3.66. The fourth-order valence-corrected chi connectivity index (χ4v) is 5.02. The van der Waals surface area contributed by atoms with Gasteiger partial charge in [-0.2, -0.15) is 17.4 Å². The number of hydrogen-bond acceptors (Lipinski definition) is 6. The molecule has 2 aliphatic heterocycles. The molecule has 0 aliphatic carbocycles. The standard InChI is InChI=1S/C19H30N4O4S/c1-2-27-19(24)17-7-6-12-23(15-17)28(25,26)21-14-16-8-9-20-18(13-16)22-10-4-3-5-11-22/h8-9,13,17,21H,2-7,10-12,14-15H2,1H3/t17-/m1/s1. The van der Waals surface area contributed by atoms with E-state index < -0.39 is 16.1 Å². The minimum Gasteiger partial charge on any atom is -0.466 e. The zero-order valence-corrected chi connectivity index (χ0v) is 17.3. The van der Waals surface area contributed by atoms with Gasteiger partial charge in [0.25, 0.3) is 10.2 Å². The molecule has 1 atom stereocenters. The molecule has 1 aromatic heterocycles. The number of nitrogens with zero attached hydrogens (tertiary/aromatic N) is 3. The highest BCUT2D eigenvalue weighted by molar-refractivity contribution is 7.87. The van der Waals surface area contributed by atoms with Gasteiger partial charge in [0.15, 0.2) is 0 Å². The van der Waals surface area contributed by atoms with E-state index in [4.69, 9.17) is 4.74 Å². The molecule has 1 N–H and O–H groups in total. The third-order valence-corrected chi connectivity index (χ3v) is 6.81. The molecule has 9 heteroatoms. The fraction of sp³-hybridized carbons (Fsp3) is 0.684. The zero-order chi connectivity index (χ0) is 20.0. The van der Waals surface area contributed by atoms with Gasteiger partial charge in [-0.25, -0.2) is 4.98 Å². The summed E-state index contributed by atoms with van der Waals surface area (Å²) in [6.07, 6.45) is 6.61. The number of esters is 1. The van der Waals surface area contributed by atoms with Crippen molar-refractivity contribution in [2.75, 3.05) is 37.7 Å². The molecule has 2 aliphatic rings. The number of aromatic nitrogens is 1. The Hall–Kier alpha value is -1.71. The summed E-state index contributed by atoms with van der Waals surface area (Å²) < 4.78 is 34.5. The molecule has 3 heterocycles. The molecule has 0 aromatic carbocycles. The van der Waals surface area contributed by atoms with Crippen LogP contribution in [0.1, 0.15) is 44.6 Å². The second-order valence-electron chi connectivity index (χ2n) is 7.35. The van der Waals surface area contributed by atoms with E-state index in [0.717, 1.165) is 37.3 Å². The maximum absolute atomic E-state index is 12.7. The monoisotopic (exact) mass is 410 g/mol. The van der Waals surface area contributed by atoms with Crippen molar-refractivity contribution >= 4 is 22.0 Å². The molecule has 0 spiro atoms. The normalized spacial score (nSPS) is 21.5. The third-order valence-electron chi connectivity index (χ3n) is 5.29. The van der Waals surface area contributed by atoms with Crippen molar-refractivity contribution in [3.05, 3.63) is 23.9 Å². The molecule has 3 rings (SSSR count). The van der Waals surface area contributed by atoms with Crippen molar-refractivity contribution in [3.8, 4) is 0 Å². The zero-order valence-electron chi connectivity index (χ0n) is 16.5. The maximum atomic E-state index is 12.7. The highest BCUT2D eigenvalue weighted by Crippen LogP contribution is 2.21. The average molecular weight is 411 g/mol. The molecule has 28 heavy (non-hydrogen) atoms. The average Bonchev–Trinajstić information content (AvgIpc) is 2.73. The van der Waals surface area contributed by atoms with Gasteiger partial charge in [0.2, 0.25) is 0 Å². The lowest BCUT2D eigenvalue weighted by molar-refractivity contribution is -0.149. The number of anilines is 1. The van der Waals surface area contributed by atoms with Crippen LogP contribution < -0.4 is 9.62 Å². The van der Waals surface area contributed by atoms with Crippen molar-refractivity contribution in [3.63, 3.8) is 0 Å². The summed E-state index contributed by atoms with van der Waals surface area (Å²) in [5.74, 6) is 0.191. The van der Waals surface area contributed by atoms with Gasteiger partial charge in [-0.15, -0.1) is 0 Å². The van der Waals surface area contributed by atoms with E-state index in [1.165, 1.54) is 10.7 Å². The van der Waals surface area contributed by atoms with E-state index in [0.29, 0.717) is 26.0 Å². The molecule has 0 unspecified atom stereocenters. The summed E-state index contributed by atoms with van der Waals surface area (Å²) in [5.41, 5.74) is 0.873. The number of pyridine rings is 1. The van der Waals surface area contributed by atoms with Crippen molar-refractivity contribution in [1.29, 1.82) is 0 Å². The second kappa shape index (κ2) is 9.67. The third kappa shape index (κ3) is 5.42. The Morgan fingerprint density at radius 1 is 1.25 bits per heavy atom. The highest BCUT2D eigenvalue weighted by Gasteiger charge is 2.32. The summed E-state index contributed by atoms with van der Waals surface area (Å²) in [4.78, 5) is 18.6. The summed E-state index contributed by atoms with van der Waals surface area (Å²) in [5, 5.41) is 0. The van der Waals surface area contributed by atoms with E-state index in [-0.39, 0.29) is 19.1 Å². The summed E-state index contributed by atoms with van der Waals surface area (Å²) in [6.45, 7) is 4.83. The molecule has 156 valence electrons. The Balaban J connectivity index is 1.59. The molecular formula is C19H30N4O4S. The molecule has 0 bridgehead atoms. The summed E-state index contributed by atoms with van der Waals surface area (Å²) in [7, 11) is -3.66. The number of hydrogen-bond donors (Lipinski definition) is 1. The molecule has 0 radical (unpaired) electrons. The Labute approximate surface area is 167 Å². The Morgan fingerprint density at radius 2 is 2.04 bits per heavy atom. The first-order valence-electron chi connectivity index (χ1n) is 10.1. The van der Waals surface area contributed by atoms with Gasteiger partial charge >= 0.3 is 5.97 Å². The SMILES string of the molecule is CCOC(=O)[C@@H]1CCCN(S(=O)(=O)NCc2ccnc(N3CCCCC3)c2)C1. The first-order valence-corrected chi connectivity index (χ1v) is 11.5. The largest absolute Gasteiger partial charge is 0.466 e. The van der Waals surface area contributed by atoms with Gasteiger partial charge < -0.3 is 9.64 Å². The first kappa shape index (κ1) is 21.0.